The van der Waals surface area contributed by atoms with Crippen LogP contribution in [0.25, 0.3) is 11.1 Å². The van der Waals surface area contributed by atoms with E-state index >= 15 is 0 Å². The molecule has 1 unspecified atom stereocenters. The van der Waals surface area contributed by atoms with Gasteiger partial charge in [0.1, 0.15) is 12.6 Å². The fourth-order valence-corrected chi connectivity index (χ4v) is 4.90. The normalized spacial score (nSPS) is 13.8. The molecule has 3 aromatic carbocycles. The van der Waals surface area contributed by atoms with E-state index in [2.05, 4.69) is 22.8 Å². The van der Waals surface area contributed by atoms with Gasteiger partial charge in [0.25, 0.3) is 0 Å². The number of carboxylic acids is 1. The molecule has 38 heavy (non-hydrogen) atoms. The van der Waals surface area contributed by atoms with E-state index in [1.165, 1.54) is 0 Å². The third-order valence-electron chi connectivity index (χ3n) is 6.61. The summed E-state index contributed by atoms with van der Waals surface area (Å²) in [6.45, 7) is 2.53. The topological polar surface area (TPSA) is 108 Å². The van der Waals surface area contributed by atoms with E-state index in [9.17, 15) is 14.4 Å². The molecule has 0 aromatic heterocycles. The minimum Gasteiger partial charge on any atom is -0.481 e. The van der Waals surface area contributed by atoms with Crippen molar-refractivity contribution >= 4 is 18.0 Å². The maximum atomic E-state index is 13.0. The van der Waals surface area contributed by atoms with Crippen molar-refractivity contribution in [1.82, 2.24) is 15.5 Å². The summed E-state index contributed by atoms with van der Waals surface area (Å²) in [5.41, 5.74) is 5.52. The highest BCUT2D eigenvalue weighted by Gasteiger charge is 2.30. The number of nitrogens with one attached hydrogen (secondary N) is 2. The third kappa shape index (κ3) is 6.77. The van der Waals surface area contributed by atoms with Crippen LogP contribution >= 0.6 is 0 Å². The molecule has 1 aliphatic carbocycles. The van der Waals surface area contributed by atoms with Crippen molar-refractivity contribution in [1.29, 1.82) is 0 Å². The van der Waals surface area contributed by atoms with Crippen LogP contribution in [0.15, 0.2) is 78.9 Å². The van der Waals surface area contributed by atoms with Crippen molar-refractivity contribution < 1.29 is 24.2 Å². The van der Waals surface area contributed by atoms with Crippen molar-refractivity contribution in [3.05, 3.63) is 95.6 Å². The molecule has 0 heterocycles. The van der Waals surface area contributed by atoms with E-state index < -0.39 is 30.1 Å². The average molecular weight is 516 g/mol. The molecule has 1 aliphatic rings. The molecule has 3 N–H and O–H groups in total. The predicted octanol–water partition coefficient (Wildman–Crippen LogP) is 4.01. The van der Waals surface area contributed by atoms with Crippen LogP contribution in [0.4, 0.5) is 4.79 Å². The van der Waals surface area contributed by atoms with Crippen LogP contribution in [0.1, 0.15) is 36.0 Å². The van der Waals surface area contributed by atoms with Gasteiger partial charge in [-0.2, -0.15) is 0 Å². The highest BCUT2D eigenvalue weighted by Crippen LogP contribution is 2.44. The van der Waals surface area contributed by atoms with Crippen LogP contribution in [-0.4, -0.2) is 60.3 Å². The SMILES string of the molecule is C[C@H](CC(=O)O)NC(=O)C(CN(C)Cc1ccccc1)NC(=O)OCC1c2ccccc2-c2ccccc21. The number of rotatable bonds is 11. The highest BCUT2D eigenvalue weighted by molar-refractivity contribution is 5.86. The van der Waals surface area contributed by atoms with E-state index in [1.54, 1.807) is 6.92 Å². The summed E-state index contributed by atoms with van der Waals surface area (Å²) in [7, 11) is 1.85. The second-order valence-corrected chi connectivity index (χ2v) is 9.71. The van der Waals surface area contributed by atoms with Gasteiger partial charge in [0.05, 0.1) is 6.42 Å². The van der Waals surface area contributed by atoms with Crippen LogP contribution in [0.2, 0.25) is 0 Å². The molecule has 0 bridgehead atoms. The van der Waals surface area contributed by atoms with E-state index in [4.69, 9.17) is 9.84 Å². The Morgan fingerprint density at radius 1 is 0.895 bits per heavy atom. The maximum Gasteiger partial charge on any atom is 0.407 e. The van der Waals surface area contributed by atoms with Crippen molar-refractivity contribution in [3.63, 3.8) is 0 Å². The number of hydrogen-bond acceptors (Lipinski definition) is 5. The summed E-state index contributed by atoms with van der Waals surface area (Å²) in [4.78, 5) is 38.9. The molecule has 8 heteroatoms. The van der Waals surface area contributed by atoms with Crippen molar-refractivity contribution in [2.24, 2.45) is 0 Å². The fraction of sp³-hybridized carbons (Fsp3) is 0.300. The molecular formula is C30H33N3O5. The lowest BCUT2D eigenvalue weighted by Gasteiger charge is -2.26. The molecule has 0 aliphatic heterocycles. The molecule has 8 nitrogen and oxygen atoms in total. The molecule has 3 aromatic rings. The first-order chi connectivity index (χ1) is 18.3. The van der Waals surface area contributed by atoms with Gasteiger partial charge in [0, 0.05) is 25.0 Å². The van der Waals surface area contributed by atoms with Crippen molar-refractivity contribution in [2.45, 2.75) is 37.9 Å². The number of ether oxygens (including phenoxy) is 1. The Balaban J connectivity index is 1.42. The number of carbonyl (C=O) groups excluding carboxylic acids is 2. The minimum atomic E-state index is -1.01. The second kappa shape index (κ2) is 12.4. The summed E-state index contributed by atoms with van der Waals surface area (Å²) >= 11 is 0. The number of nitrogens with zero attached hydrogens (tertiary/aromatic N) is 1. The van der Waals surface area contributed by atoms with Gasteiger partial charge < -0.3 is 20.5 Å². The molecule has 0 radical (unpaired) electrons. The monoisotopic (exact) mass is 515 g/mol. The van der Waals surface area contributed by atoms with Crippen LogP contribution in [0.3, 0.4) is 0 Å². The number of aliphatic carboxylic acids is 1. The predicted molar refractivity (Wildman–Crippen MR) is 145 cm³/mol. The first-order valence-electron chi connectivity index (χ1n) is 12.7. The number of hydrogen-bond donors (Lipinski definition) is 3. The van der Waals surface area contributed by atoms with Crippen LogP contribution < -0.4 is 10.6 Å². The molecule has 0 saturated carbocycles. The molecule has 0 fully saturated rings. The smallest absolute Gasteiger partial charge is 0.407 e. The minimum absolute atomic E-state index is 0.100. The third-order valence-corrected chi connectivity index (χ3v) is 6.61. The lowest BCUT2D eigenvalue weighted by molar-refractivity contribution is -0.137. The van der Waals surface area contributed by atoms with Crippen LogP contribution in [-0.2, 0) is 20.9 Å². The number of benzene rings is 3. The molecular weight excluding hydrogens is 482 g/mol. The van der Waals surface area contributed by atoms with Gasteiger partial charge in [-0.1, -0.05) is 78.9 Å². The highest BCUT2D eigenvalue weighted by atomic mass is 16.5. The molecule has 198 valence electrons. The quantitative estimate of drug-likeness (QED) is 0.356. The number of likely N-dealkylation sites (N-methyl/N-ethyl adjacent to an activating group) is 1. The number of carboxylic acid groups (broad SMARTS) is 1. The van der Waals surface area contributed by atoms with Crippen molar-refractivity contribution in [2.75, 3.05) is 20.2 Å². The van der Waals surface area contributed by atoms with Gasteiger partial charge in [-0.15, -0.1) is 0 Å². The van der Waals surface area contributed by atoms with Gasteiger partial charge in [-0.25, -0.2) is 4.79 Å². The van der Waals surface area contributed by atoms with E-state index in [0.29, 0.717) is 6.54 Å². The first kappa shape index (κ1) is 26.9. The number of amides is 2. The lowest BCUT2D eigenvalue weighted by atomic mass is 9.98. The second-order valence-electron chi connectivity index (χ2n) is 9.71. The Bertz CT molecular complexity index is 1230. The summed E-state index contributed by atoms with van der Waals surface area (Å²) in [6, 6.07) is 24.4. The largest absolute Gasteiger partial charge is 0.481 e. The van der Waals surface area contributed by atoms with Crippen LogP contribution in [0.5, 0.6) is 0 Å². The number of fused-ring (bicyclic) bond motifs is 3. The van der Waals surface area contributed by atoms with E-state index in [0.717, 1.165) is 27.8 Å². The van der Waals surface area contributed by atoms with E-state index in [-0.39, 0.29) is 25.5 Å². The Morgan fingerprint density at radius 3 is 2.08 bits per heavy atom. The zero-order chi connectivity index (χ0) is 27.1. The Kier molecular flexibility index (Phi) is 8.76. The Hall–Kier alpha value is -4.17. The van der Waals surface area contributed by atoms with E-state index in [1.807, 2.05) is 78.7 Å². The van der Waals surface area contributed by atoms with Crippen molar-refractivity contribution in [3.8, 4) is 11.1 Å². The van der Waals surface area contributed by atoms with Gasteiger partial charge in [0.15, 0.2) is 0 Å². The zero-order valence-corrected chi connectivity index (χ0v) is 21.6. The van der Waals surface area contributed by atoms with Gasteiger partial charge >= 0.3 is 12.1 Å². The Morgan fingerprint density at radius 2 is 1.47 bits per heavy atom. The first-order valence-corrected chi connectivity index (χ1v) is 12.7. The number of carbonyl (C=O) groups is 3. The maximum absolute atomic E-state index is 13.0. The van der Waals surface area contributed by atoms with Gasteiger partial charge in [-0.3, -0.25) is 14.5 Å². The fourth-order valence-electron chi connectivity index (χ4n) is 4.90. The summed E-state index contributed by atoms with van der Waals surface area (Å²) < 4.78 is 5.65. The van der Waals surface area contributed by atoms with Gasteiger partial charge in [-0.05, 0) is 41.8 Å². The zero-order valence-electron chi connectivity index (χ0n) is 21.6. The number of alkyl carbamates (subject to hydrolysis) is 1. The van der Waals surface area contributed by atoms with Gasteiger partial charge in [0.2, 0.25) is 5.91 Å². The molecule has 2 amide bonds. The molecule has 4 rings (SSSR count). The summed E-state index contributed by atoms with van der Waals surface area (Å²) in [5, 5.41) is 14.4. The molecule has 2 atom stereocenters. The Labute approximate surface area is 222 Å². The van der Waals surface area contributed by atoms with Crippen LogP contribution in [0, 0.1) is 0 Å². The standard InChI is InChI=1S/C30H33N3O5/c1-20(16-28(34)35)31-29(36)27(18-33(2)17-21-10-4-3-5-11-21)32-30(37)38-19-26-24-14-8-6-12-22(24)23-13-7-9-15-25(23)26/h3-15,20,26-27H,16-19H2,1-2H3,(H,31,36)(H,32,37)(H,34,35)/t20-,27?/m1/s1. The average Bonchev–Trinajstić information content (AvgIpc) is 3.21. The molecule has 0 spiro atoms. The summed E-state index contributed by atoms with van der Waals surface area (Å²) in [5.74, 6) is -1.58. The lowest BCUT2D eigenvalue weighted by Crippen LogP contribution is -2.54. The summed E-state index contributed by atoms with van der Waals surface area (Å²) in [6.07, 6.45) is -0.922. The molecule has 0 saturated heterocycles.